The van der Waals surface area contributed by atoms with E-state index in [1.807, 2.05) is 12.1 Å². The third kappa shape index (κ3) is 4.91. The Kier molecular flexibility index (Phi) is 6.70. The fourth-order valence-electron chi connectivity index (χ4n) is 4.03. The van der Waals surface area contributed by atoms with Crippen molar-refractivity contribution in [2.45, 2.75) is 6.42 Å². The molecular weight excluding hydrogens is 400 g/mol. The molecule has 6 heteroatoms. The summed E-state index contributed by atoms with van der Waals surface area (Å²) in [6, 6.07) is 17.5. The number of carbonyl (C=O) groups is 2. The first kappa shape index (κ1) is 21.4. The first-order valence-electron chi connectivity index (χ1n) is 10.7. The molecule has 1 atom stereocenters. The van der Waals surface area contributed by atoms with E-state index in [2.05, 4.69) is 40.8 Å². The summed E-state index contributed by atoms with van der Waals surface area (Å²) >= 11 is 0. The first-order valence-corrected chi connectivity index (χ1v) is 10.7. The second-order valence-corrected chi connectivity index (χ2v) is 7.87. The van der Waals surface area contributed by atoms with Gasteiger partial charge in [0.05, 0.1) is 5.92 Å². The van der Waals surface area contributed by atoms with Crippen molar-refractivity contribution in [3.63, 3.8) is 0 Å². The molecule has 2 amide bonds. The average molecular weight is 427 g/mol. The molecular formula is C26H26N4O2. The molecule has 0 N–H and O–H groups in total. The monoisotopic (exact) mass is 426 g/mol. The van der Waals surface area contributed by atoms with Gasteiger partial charge < -0.3 is 9.80 Å². The van der Waals surface area contributed by atoms with Gasteiger partial charge in [0.15, 0.2) is 0 Å². The molecule has 32 heavy (non-hydrogen) atoms. The molecule has 0 bridgehead atoms. The van der Waals surface area contributed by atoms with Crippen LogP contribution in [-0.2, 0) is 11.2 Å². The maximum atomic E-state index is 13.3. The van der Waals surface area contributed by atoms with Crippen LogP contribution in [0.4, 0.5) is 0 Å². The second kappa shape index (κ2) is 10.0. The third-order valence-corrected chi connectivity index (χ3v) is 5.71. The zero-order valence-electron chi connectivity index (χ0n) is 17.9. The van der Waals surface area contributed by atoms with E-state index in [0.717, 1.165) is 16.7 Å². The van der Waals surface area contributed by atoms with Crippen molar-refractivity contribution >= 4 is 11.8 Å². The molecule has 162 valence electrons. The van der Waals surface area contributed by atoms with E-state index < -0.39 is 0 Å². The fourth-order valence-corrected chi connectivity index (χ4v) is 4.03. The van der Waals surface area contributed by atoms with Crippen molar-refractivity contribution in [1.29, 1.82) is 0 Å². The largest absolute Gasteiger partial charge is 0.337 e. The van der Waals surface area contributed by atoms with Gasteiger partial charge in [0.25, 0.3) is 5.91 Å². The summed E-state index contributed by atoms with van der Waals surface area (Å²) in [5.41, 5.74) is 3.66. The molecule has 3 heterocycles. The summed E-state index contributed by atoms with van der Waals surface area (Å²) in [6.45, 7) is 5.59. The number of hydrogen-bond donors (Lipinski definition) is 0. The van der Waals surface area contributed by atoms with Crippen LogP contribution >= 0.6 is 0 Å². The quantitative estimate of drug-likeness (QED) is 0.566. The van der Waals surface area contributed by atoms with E-state index in [1.165, 1.54) is 0 Å². The molecule has 2 aromatic heterocycles. The summed E-state index contributed by atoms with van der Waals surface area (Å²) < 4.78 is 0. The Labute approximate surface area is 188 Å². The molecule has 0 aliphatic carbocycles. The van der Waals surface area contributed by atoms with Crippen molar-refractivity contribution < 1.29 is 9.59 Å². The highest BCUT2D eigenvalue weighted by atomic mass is 16.2. The Hall–Kier alpha value is -3.80. The van der Waals surface area contributed by atoms with Gasteiger partial charge in [-0.3, -0.25) is 19.6 Å². The number of nitrogens with zero attached hydrogens (tertiary/aromatic N) is 4. The Morgan fingerprint density at radius 2 is 1.75 bits per heavy atom. The topological polar surface area (TPSA) is 66.4 Å². The number of rotatable bonds is 6. The average Bonchev–Trinajstić information content (AvgIpc) is 3.00. The van der Waals surface area contributed by atoms with E-state index in [0.29, 0.717) is 38.3 Å². The minimum Gasteiger partial charge on any atom is -0.337 e. The summed E-state index contributed by atoms with van der Waals surface area (Å²) in [5, 5.41) is 0. The van der Waals surface area contributed by atoms with Crippen LogP contribution in [0.25, 0.3) is 11.1 Å². The van der Waals surface area contributed by atoms with E-state index in [1.54, 1.807) is 52.7 Å². The summed E-state index contributed by atoms with van der Waals surface area (Å²) in [7, 11) is 0. The predicted octanol–water partition coefficient (Wildman–Crippen LogP) is 3.47. The minimum atomic E-state index is -0.322. The van der Waals surface area contributed by atoms with Gasteiger partial charge in [-0.1, -0.05) is 36.4 Å². The Morgan fingerprint density at radius 3 is 2.44 bits per heavy atom. The lowest BCUT2D eigenvalue weighted by Crippen LogP contribution is -2.38. The zero-order valence-corrected chi connectivity index (χ0v) is 17.9. The summed E-state index contributed by atoms with van der Waals surface area (Å²) in [4.78, 5) is 38.1. The maximum Gasteiger partial charge on any atom is 0.272 e. The Bertz CT molecular complexity index is 1070. The predicted molar refractivity (Wildman–Crippen MR) is 124 cm³/mol. The van der Waals surface area contributed by atoms with Gasteiger partial charge in [0.2, 0.25) is 5.91 Å². The molecule has 0 radical (unpaired) electrons. The molecule has 0 spiro atoms. The molecule has 6 nitrogen and oxygen atoms in total. The van der Waals surface area contributed by atoms with Crippen LogP contribution in [0.3, 0.4) is 0 Å². The third-order valence-electron chi connectivity index (χ3n) is 5.71. The molecule has 1 saturated heterocycles. The summed E-state index contributed by atoms with van der Waals surface area (Å²) in [6.07, 6.45) is 7.45. The molecule has 1 aliphatic heterocycles. The van der Waals surface area contributed by atoms with E-state index in [-0.39, 0.29) is 17.7 Å². The highest BCUT2D eigenvalue weighted by molar-refractivity contribution is 5.93. The number of hydrogen-bond acceptors (Lipinski definition) is 4. The van der Waals surface area contributed by atoms with Gasteiger partial charge in [-0.2, -0.15) is 0 Å². The number of pyridine rings is 2. The van der Waals surface area contributed by atoms with Gasteiger partial charge in [0.1, 0.15) is 5.69 Å². The SMILES string of the molecule is C=CCN1CCN(C(=O)c2ccccn2)C[C@H](Cc2ccc(-c3ccncc3)cc2)C1=O. The Balaban J connectivity index is 1.54. The highest BCUT2D eigenvalue weighted by Crippen LogP contribution is 2.22. The van der Waals surface area contributed by atoms with Gasteiger partial charge >= 0.3 is 0 Å². The number of amides is 2. The van der Waals surface area contributed by atoms with Crippen LogP contribution in [0, 0.1) is 5.92 Å². The van der Waals surface area contributed by atoms with Gasteiger partial charge in [0, 0.05) is 44.8 Å². The van der Waals surface area contributed by atoms with Crippen molar-refractivity contribution in [3.05, 3.63) is 97.1 Å². The van der Waals surface area contributed by atoms with E-state index in [4.69, 9.17) is 0 Å². The lowest BCUT2D eigenvalue weighted by Gasteiger charge is -2.23. The Morgan fingerprint density at radius 1 is 1.00 bits per heavy atom. The fraction of sp³-hybridized carbons (Fsp3) is 0.231. The molecule has 1 aliphatic rings. The van der Waals surface area contributed by atoms with Crippen molar-refractivity contribution in [2.24, 2.45) is 5.92 Å². The number of carbonyl (C=O) groups excluding carboxylic acids is 2. The van der Waals surface area contributed by atoms with Crippen LogP contribution < -0.4 is 0 Å². The van der Waals surface area contributed by atoms with Crippen LogP contribution in [0.5, 0.6) is 0 Å². The second-order valence-electron chi connectivity index (χ2n) is 7.87. The molecule has 3 aromatic rings. The molecule has 1 aromatic carbocycles. The lowest BCUT2D eigenvalue weighted by atomic mass is 9.95. The van der Waals surface area contributed by atoms with Crippen LogP contribution in [0.15, 0.2) is 85.8 Å². The standard InChI is InChI=1S/C26H26N4O2/c1-2-15-29-16-17-30(26(32)24-5-3-4-12-28-24)19-23(25(29)31)18-20-6-8-21(9-7-20)22-10-13-27-14-11-22/h2-14,23H,1,15-19H2/t23-/m0/s1. The van der Waals surface area contributed by atoms with Crippen molar-refractivity contribution in [1.82, 2.24) is 19.8 Å². The molecule has 0 saturated carbocycles. The van der Waals surface area contributed by atoms with Crippen molar-refractivity contribution in [2.75, 3.05) is 26.2 Å². The normalized spacial score (nSPS) is 16.5. The van der Waals surface area contributed by atoms with E-state index >= 15 is 0 Å². The highest BCUT2D eigenvalue weighted by Gasteiger charge is 2.32. The zero-order chi connectivity index (χ0) is 22.3. The minimum absolute atomic E-state index is 0.0550. The van der Waals surface area contributed by atoms with Crippen LogP contribution in [0.1, 0.15) is 16.1 Å². The smallest absolute Gasteiger partial charge is 0.272 e. The van der Waals surface area contributed by atoms with Crippen LogP contribution in [0.2, 0.25) is 0 Å². The lowest BCUT2D eigenvalue weighted by molar-refractivity contribution is -0.134. The number of benzene rings is 1. The maximum absolute atomic E-state index is 13.3. The molecule has 4 rings (SSSR count). The van der Waals surface area contributed by atoms with Gasteiger partial charge in [-0.15, -0.1) is 6.58 Å². The molecule has 0 unspecified atom stereocenters. The van der Waals surface area contributed by atoms with E-state index in [9.17, 15) is 9.59 Å². The van der Waals surface area contributed by atoms with Crippen molar-refractivity contribution in [3.8, 4) is 11.1 Å². The molecule has 1 fully saturated rings. The first-order chi connectivity index (χ1) is 15.7. The van der Waals surface area contributed by atoms with Crippen LogP contribution in [-0.4, -0.2) is 57.8 Å². The number of aromatic nitrogens is 2. The van der Waals surface area contributed by atoms with Gasteiger partial charge in [-0.05, 0) is 47.4 Å². The summed E-state index contributed by atoms with van der Waals surface area (Å²) in [5.74, 6) is -0.409. The van der Waals surface area contributed by atoms with Gasteiger partial charge in [-0.25, -0.2) is 0 Å².